The van der Waals surface area contributed by atoms with Gasteiger partial charge in [-0.25, -0.2) is 0 Å². The maximum Gasteiger partial charge on any atom is 0.635 e. The molecule has 7 nitrogen and oxygen atoms in total. The third-order valence-electron chi connectivity index (χ3n) is 2.82. The lowest BCUT2D eigenvalue weighted by Crippen LogP contribution is -2.45. The Hall–Kier alpha value is -1.42. The van der Waals surface area contributed by atoms with E-state index >= 15 is 0 Å². The highest BCUT2D eigenvalue weighted by molar-refractivity contribution is 9.10. The summed E-state index contributed by atoms with van der Waals surface area (Å²) in [5.41, 5.74) is 0.418. The number of carbonyl (C=O) groups is 2. The van der Waals surface area contributed by atoms with Gasteiger partial charge in [-0.2, -0.15) is 0 Å². The highest BCUT2D eigenvalue weighted by Crippen LogP contribution is 2.15. The molecule has 0 saturated heterocycles. The molecule has 0 heterocycles. The molecule has 0 aliphatic heterocycles. The lowest BCUT2D eigenvalue weighted by atomic mass is 10.1. The zero-order valence-electron chi connectivity index (χ0n) is 13.0. The highest BCUT2D eigenvalue weighted by Gasteiger charge is 2.21. The molecule has 0 bridgehead atoms. The van der Waals surface area contributed by atoms with Crippen LogP contribution in [0.2, 0.25) is 0 Å². The molecule has 0 saturated carbocycles. The fourth-order valence-corrected chi connectivity index (χ4v) is 2.32. The van der Waals surface area contributed by atoms with Gasteiger partial charge in [-0.05, 0) is 40.4 Å². The fourth-order valence-electron chi connectivity index (χ4n) is 1.86. The number of hydrogen-bond donors (Lipinski definition) is 4. The van der Waals surface area contributed by atoms with Gasteiger partial charge in [0, 0.05) is 4.47 Å². The van der Waals surface area contributed by atoms with Crippen molar-refractivity contribution in [2.75, 3.05) is 6.54 Å². The standard InChI is InChI=1S/C14H20BBrN2O5/c1-9(2)7-13(23-15(21)22)18-12(19)8-17-14(20)10-5-3-4-6-11(10)16/h3-6,9,13,21-22H,7-8H2,1-2H3,(H,17,20)(H,18,19)/t13-/m1/s1. The highest BCUT2D eigenvalue weighted by atomic mass is 79.9. The molecule has 1 atom stereocenters. The van der Waals surface area contributed by atoms with Crippen LogP contribution in [-0.2, 0) is 9.45 Å². The Bertz CT molecular complexity index is 532. The summed E-state index contributed by atoms with van der Waals surface area (Å²) in [7, 11) is -1.98. The van der Waals surface area contributed by atoms with Crippen LogP contribution in [0.1, 0.15) is 30.6 Å². The fraction of sp³-hybridized carbons (Fsp3) is 0.429. The largest absolute Gasteiger partial charge is 0.635 e. The van der Waals surface area contributed by atoms with E-state index in [2.05, 4.69) is 26.6 Å². The van der Waals surface area contributed by atoms with Gasteiger partial charge < -0.3 is 25.3 Å². The van der Waals surface area contributed by atoms with E-state index in [1.54, 1.807) is 24.3 Å². The first-order valence-electron chi connectivity index (χ1n) is 7.13. The Balaban J connectivity index is 2.51. The molecule has 1 rings (SSSR count). The van der Waals surface area contributed by atoms with Crippen LogP contribution in [0.3, 0.4) is 0 Å². The molecule has 1 aromatic carbocycles. The molecule has 0 radical (unpaired) electrons. The first kappa shape index (κ1) is 19.6. The van der Waals surface area contributed by atoms with Gasteiger partial charge in [0.15, 0.2) is 0 Å². The normalized spacial score (nSPS) is 11.9. The summed E-state index contributed by atoms with van der Waals surface area (Å²) in [5.74, 6) is -0.707. The summed E-state index contributed by atoms with van der Waals surface area (Å²) in [4.78, 5) is 23.8. The third kappa shape index (κ3) is 7.60. The lowest BCUT2D eigenvalue weighted by Gasteiger charge is -2.21. The first-order valence-corrected chi connectivity index (χ1v) is 7.92. The second-order valence-electron chi connectivity index (χ2n) is 5.31. The quantitative estimate of drug-likeness (QED) is 0.387. The molecule has 0 aliphatic rings. The number of halogens is 1. The minimum absolute atomic E-state index is 0.175. The van der Waals surface area contributed by atoms with E-state index in [4.69, 9.17) is 14.7 Å². The van der Waals surface area contributed by atoms with Crippen molar-refractivity contribution >= 4 is 35.1 Å². The van der Waals surface area contributed by atoms with Crippen molar-refractivity contribution < 1.29 is 24.3 Å². The van der Waals surface area contributed by atoms with Crippen LogP contribution in [0.15, 0.2) is 28.7 Å². The smallest absolute Gasteiger partial charge is 0.402 e. The lowest BCUT2D eigenvalue weighted by molar-refractivity contribution is -0.123. The van der Waals surface area contributed by atoms with E-state index in [0.717, 1.165) is 0 Å². The maximum absolute atomic E-state index is 12.0. The van der Waals surface area contributed by atoms with E-state index in [0.29, 0.717) is 16.5 Å². The topological polar surface area (TPSA) is 108 Å². The summed E-state index contributed by atoms with van der Waals surface area (Å²) in [6.45, 7) is 3.56. The molecule has 0 fully saturated rings. The van der Waals surface area contributed by atoms with Crippen LogP contribution in [0.25, 0.3) is 0 Å². The summed E-state index contributed by atoms with van der Waals surface area (Å²) in [6.07, 6.45) is -0.440. The van der Waals surface area contributed by atoms with Crippen molar-refractivity contribution in [3.8, 4) is 0 Å². The van der Waals surface area contributed by atoms with Crippen LogP contribution >= 0.6 is 15.9 Å². The van der Waals surface area contributed by atoms with Crippen molar-refractivity contribution in [2.45, 2.75) is 26.5 Å². The molecule has 0 spiro atoms. The van der Waals surface area contributed by atoms with Crippen LogP contribution in [0, 0.1) is 5.92 Å². The summed E-state index contributed by atoms with van der Waals surface area (Å²) in [6, 6.07) is 6.85. The zero-order chi connectivity index (χ0) is 17.4. The second-order valence-corrected chi connectivity index (χ2v) is 6.16. The Kier molecular flexibility index (Phi) is 8.25. The van der Waals surface area contributed by atoms with Crippen LogP contribution in [0.4, 0.5) is 0 Å². The maximum atomic E-state index is 12.0. The molecule has 1 aromatic rings. The molecular formula is C14H20BBrN2O5. The molecule has 0 unspecified atom stereocenters. The van der Waals surface area contributed by atoms with Crippen LogP contribution in [-0.4, -0.2) is 42.0 Å². The van der Waals surface area contributed by atoms with Gasteiger partial charge in [0.05, 0.1) is 12.1 Å². The van der Waals surface area contributed by atoms with E-state index < -0.39 is 25.4 Å². The molecule has 126 valence electrons. The van der Waals surface area contributed by atoms with Crippen molar-refractivity contribution in [1.82, 2.24) is 10.6 Å². The van der Waals surface area contributed by atoms with Crippen LogP contribution < -0.4 is 10.6 Å². The van der Waals surface area contributed by atoms with Crippen molar-refractivity contribution in [1.29, 1.82) is 0 Å². The number of nitrogens with one attached hydrogen (secondary N) is 2. The summed E-state index contributed by atoms with van der Waals surface area (Å²) < 4.78 is 5.43. The minimum atomic E-state index is -1.98. The molecule has 4 N–H and O–H groups in total. The number of benzene rings is 1. The van der Waals surface area contributed by atoms with Crippen molar-refractivity contribution in [2.24, 2.45) is 5.92 Å². The van der Waals surface area contributed by atoms with Gasteiger partial charge in [-0.1, -0.05) is 26.0 Å². The molecule has 9 heteroatoms. The number of hydrogen-bond acceptors (Lipinski definition) is 5. The van der Waals surface area contributed by atoms with E-state index in [1.165, 1.54) is 0 Å². The van der Waals surface area contributed by atoms with Gasteiger partial charge in [-0.15, -0.1) is 0 Å². The predicted octanol–water partition coefficient (Wildman–Crippen LogP) is 0.653. The Labute approximate surface area is 143 Å². The van der Waals surface area contributed by atoms with Gasteiger partial charge >= 0.3 is 7.32 Å². The molecule has 23 heavy (non-hydrogen) atoms. The van der Waals surface area contributed by atoms with Gasteiger partial charge in [0.1, 0.15) is 6.23 Å². The third-order valence-corrected chi connectivity index (χ3v) is 3.51. The van der Waals surface area contributed by atoms with Crippen molar-refractivity contribution in [3.05, 3.63) is 34.3 Å². The molecular weight excluding hydrogens is 367 g/mol. The summed E-state index contributed by atoms with van der Waals surface area (Å²) in [5, 5.41) is 22.7. The number of amides is 2. The average molecular weight is 387 g/mol. The SMILES string of the molecule is CC(C)C[C@H](NC(=O)CNC(=O)c1ccccc1Br)OB(O)O. The van der Waals surface area contributed by atoms with Gasteiger partial charge in [-0.3, -0.25) is 9.59 Å². The predicted molar refractivity (Wildman–Crippen MR) is 89.1 cm³/mol. The molecule has 0 aromatic heterocycles. The minimum Gasteiger partial charge on any atom is -0.402 e. The van der Waals surface area contributed by atoms with Gasteiger partial charge in [0.25, 0.3) is 5.91 Å². The van der Waals surface area contributed by atoms with Gasteiger partial charge in [0.2, 0.25) is 5.91 Å². The number of carbonyl (C=O) groups excluding carboxylic acids is 2. The summed E-state index contributed by atoms with van der Waals surface area (Å²) >= 11 is 3.26. The zero-order valence-corrected chi connectivity index (χ0v) is 14.5. The van der Waals surface area contributed by atoms with E-state index in [9.17, 15) is 9.59 Å². The Morgan fingerprint density at radius 3 is 2.52 bits per heavy atom. The molecule has 2 amide bonds. The van der Waals surface area contributed by atoms with E-state index in [-0.39, 0.29) is 12.5 Å². The Morgan fingerprint density at radius 2 is 1.96 bits per heavy atom. The Morgan fingerprint density at radius 1 is 1.30 bits per heavy atom. The second kappa shape index (κ2) is 9.66. The monoisotopic (exact) mass is 386 g/mol. The van der Waals surface area contributed by atoms with E-state index in [1.807, 2.05) is 13.8 Å². The number of rotatable bonds is 8. The first-order chi connectivity index (χ1) is 10.8. The van der Waals surface area contributed by atoms with Crippen molar-refractivity contribution in [3.63, 3.8) is 0 Å². The molecule has 0 aliphatic carbocycles. The average Bonchev–Trinajstić information content (AvgIpc) is 2.43. The van der Waals surface area contributed by atoms with Crippen LogP contribution in [0.5, 0.6) is 0 Å².